The van der Waals surface area contributed by atoms with Crippen LogP contribution in [0.4, 0.5) is 4.39 Å². The van der Waals surface area contributed by atoms with E-state index in [9.17, 15) is 4.39 Å². The third kappa shape index (κ3) is 2.28. The van der Waals surface area contributed by atoms with Crippen molar-refractivity contribution in [2.45, 2.75) is 13.2 Å². The number of rotatable bonds is 4. The van der Waals surface area contributed by atoms with Crippen molar-refractivity contribution in [3.8, 4) is 0 Å². The molecule has 1 heterocycles. The van der Waals surface area contributed by atoms with Crippen LogP contribution >= 0.6 is 15.9 Å². The maximum Gasteiger partial charge on any atom is 0.109 e. The molecule has 0 saturated carbocycles. The van der Waals surface area contributed by atoms with Gasteiger partial charge in [0.1, 0.15) is 12.4 Å². The van der Waals surface area contributed by atoms with Gasteiger partial charge in [-0.05, 0) is 15.9 Å². The van der Waals surface area contributed by atoms with E-state index in [4.69, 9.17) is 4.74 Å². The van der Waals surface area contributed by atoms with Gasteiger partial charge in [0, 0.05) is 13.3 Å². The normalized spacial score (nSPS) is 10.6. The molecule has 68 valence electrons. The number of nitrogens with zero attached hydrogens (tertiary/aromatic N) is 2. The Morgan fingerprint density at radius 1 is 1.75 bits per heavy atom. The van der Waals surface area contributed by atoms with E-state index in [0.29, 0.717) is 13.2 Å². The fourth-order valence-corrected chi connectivity index (χ4v) is 1.30. The number of aromatic nitrogens is 2. The van der Waals surface area contributed by atoms with E-state index in [2.05, 4.69) is 21.0 Å². The molecule has 0 radical (unpaired) electrons. The Labute approximate surface area is 78.6 Å². The Morgan fingerprint density at radius 2 is 2.50 bits per heavy atom. The number of hydrogen-bond donors (Lipinski definition) is 0. The first-order chi connectivity index (χ1) is 5.77. The van der Waals surface area contributed by atoms with Gasteiger partial charge in [-0.2, -0.15) is 5.10 Å². The van der Waals surface area contributed by atoms with Crippen LogP contribution in [0.3, 0.4) is 0 Å². The van der Waals surface area contributed by atoms with Crippen LogP contribution in [0.25, 0.3) is 0 Å². The predicted octanol–water partition coefficient (Wildman–Crippen LogP) is 1.76. The molecule has 12 heavy (non-hydrogen) atoms. The molecule has 3 nitrogen and oxygen atoms in total. The molecular weight excluding hydrogens is 227 g/mol. The Balaban J connectivity index is 2.70. The minimum absolute atomic E-state index is 0.294. The molecule has 0 saturated heterocycles. The van der Waals surface area contributed by atoms with Gasteiger partial charge in [0.2, 0.25) is 0 Å². The average molecular weight is 237 g/mol. The Bertz CT molecular complexity index is 252. The highest BCUT2D eigenvalue weighted by Crippen LogP contribution is 2.15. The standard InChI is InChI=1S/C7H10BrFN2O/c1-12-5-7-6(8)4-11(10-7)3-2-9/h4H,2-3,5H2,1H3. The van der Waals surface area contributed by atoms with Gasteiger partial charge in [0.05, 0.1) is 17.6 Å². The van der Waals surface area contributed by atoms with Gasteiger partial charge >= 0.3 is 0 Å². The second kappa shape index (κ2) is 4.57. The second-order valence-electron chi connectivity index (χ2n) is 2.31. The van der Waals surface area contributed by atoms with Crippen molar-refractivity contribution in [2.24, 2.45) is 0 Å². The molecule has 0 aliphatic heterocycles. The molecule has 0 N–H and O–H groups in total. The van der Waals surface area contributed by atoms with Crippen LogP contribution in [0.5, 0.6) is 0 Å². The third-order valence-corrected chi connectivity index (χ3v) is 2.04. The van der Waals surface area contributed by atoms with E-state index in [0.717, 1.165) is 10.2 Å². The number of aryl methyl sites for hydroxylation is 1. The lowest BCUT2D eigenvalue weighted by molar-refractivity contribution is 0.180. The maximum atomic E-state index is 11.9. The summed E-state index contributed by atoms with van der Waals surface area (Å²) in [6.45, 7) is 0.336. The van der Waals surface area contributed by atoms with Crippen LogP contribution in [0, 0.1) is 0 Å². The number of hydrogen-bond acceptors (Lipinski definition) is 2. The van der Waals surface area contributed by atoms with Crippen LogP contribution < -0.4 is 0 Å². The SMILES string of the molecule is COCc1nn(CCF)cc1Br. The van der Waals surface area contributed by atoms with E-state index in [-0.39, 0.29) is 0 Å². The van der Waals surface area contributed by atoms with Crippen molar-refractivity contribution in [3.05, 3.63) is 16.4 Å². The summed E-state index contributed by atoms with van der Waals surface area (Å²) in [6.07, 6.45) is 1.74. The molecule has 1 rings (SSSR count). The van der Waals surface area contributed by atoms with Gasteiger partial charge in [-0.1, -0.05) is 0 Å². The van der Waals surface area contributed by atoms with Gasteiger partial charge < -0.3 is 4.74 Å². The van der Waals surface area contributed by atoms with Crippen LogP contribution in [0.15, 0.2) is 10.7 Å². The van der Waals surface area contributed by atoms with Gasteiger partial charge in [-0.15, -0.1) is 0 Å². The molecule has 0 atom stereocenters. The van der Waals surface area contributed by atoms with Gasteiger partial charge in [0.25, 0.3) is 0 Å². The lowest BCUT2D eigenvalue weighted by Crippen LogP contribution is -2.01. The van der Waals surface area contributed by atoms with E-state index < -0.39 is 6.67 Å². The Hall–Kier alpha value is -0.420. The Morgan fingerprint density at radius 3 is 3.08 bits per heavy atom. The zero-order valence-corrected chi connectivity index (χ0v) is 8.34. The molecule has 1 aromatic heterocycles. The molecule has 0 amide bonds. The summed E-state index contributed by atoms with van der Waals surface area (Å²) in [5.41, 5.74) is 0.797. The summed E-state index contributed by atoms with van der Waals surface area (Å²) in [7, 11) is 1.60. The number of methoxy groups -OCH3 is 1. The molecule has 1 aromatic rings. The van der Waals surface area contributed by atoms with E-state index >= 15 is 0 Å². The number of ether oxygens (including phenoxy) is 1. The summed E-state index contributed by atoms with van der Waals surface area (Å²) in [5.74, 6) is 0. The molecule has 0 bridgehead atoms. The highest BCUT2D eigenvalue weighted by molar-refractivity contribution is 9.10. The molecule has 0 unspecified atom stereocenters. The summed E-state index contributed by atoms with van der Waals surface area (Å²) in [6, 6.07) is 0. The summed E-state index contributed by atoms with van der Waals surface area (Å²) in [4.78, 5) is 0. The number of halogens is 2. The van der Waals surface area contributed by atoms with Crippen molar-refractivity contribution in [2.75, 3.05) is 13.8 Å². The van der Waals surface area contributed by atoms with Crippen LogP contribution in [0.2, 0.25) is 0 Å². The largest absolute Gasteiger partial charge is 0.378 e. The summed E-state index contributed by atoms with van der Waals surface area (Å²) >= 11 is 3.30. The van der Waals surface area contributed by atoms with Crippen molar-refractivity contribution >= 4 is 15.9 Å². The quantitative estimate of drug-likeness (QED) is 0.797. The highest BCUT2D eigenvalue weighted by atomic mass is 79.9. The van der Waals surface area contributed by atoms with Crippen molar-refractivity contribution < 1.29 is 9.13 Å². The molecule has 5 heteroatoms. The summed E-state index contributed by atoms with van der Waals surface area (Å²) in [5, 5.41) is 4.09. The zero-order chi connectivity index (χ0) is 8.97. The summed E-state index contributed by atoms with van der Waals surface area (Å²) < 4.78 is 19.2. The van der Waals surface area contributed by atoms with Gasteiger partial charge in [-0.25, -0.2) is 4.39 Å². The van der Waals surface area contributed by atoms with E-state index in [1.54, 1.807) is 18.0 Å². The second-order valence-corrected chi connectivity index (χ2v) is 3.16. The van der Waals surface area contributed by atoms with E-state index in [1.807, 2.05) is 0 Å². The van der Waals surface area contributed by atoms with Crippen LogP contribution in [-0.4, -0.2) is 23.6 Å². The zero-order valence-electron chi connectivity index (χ0n) is 6.76. The monoisotopic (exact) mass is 236 g/mol. The fourth-order valence-electron chi connectivity index (χ4n) is 0.873. The molecule has 0 spiro atoms. The van der Waals surface area contributed by atoms with Crippen LogP contribution in [-0.2, 0) is 17.9 Å². The van der Waals surface area contributed by atoms with E-state index in [1.165, 1.54) is 0 Å². The minimum atomic E-state index is -0.402. The van der Waals surface area contributed by atoms with Gasteiger partial charge in [-0.3, -0.25) is 4.68 Å². The molecule has 0 aliphatic rings. The first kappa shape index (κ1) is 9.67. The molecule has 0 aliphatic carbocycles. The third-order valence-electron chi connectivity index (χ3n) is 1.38. The topological polar surface area (TPSA) is 27.1 Å². The predicted molar refractivity (Wildman–Crippen MR) is 46.6 cm³/mol. The average Bonchev–Trinajstić information content (AvgIpc) is 2.34. The highest BCUT2D eigenvalue weighted by Gasteiger charge is 2.04. The van der Waals surface area contributed by atoms with Gasteiger partial charge in [0.15, 0.2) is 0 Å². The fraction of sp³-hybridized carbons (Fsp3) is 0.571. The Kier molecular flexibility index (Phi) is 3.68. The maximum absolute atomic E-state index is 11.9. The van der Waals surface area contributed by atoms with Crippen molar-refractivity contribution in [3.63, 3.8) is 0 Å². The minimum Gasteiger partial charge on any atom is -0.378 e. The van der Waals surface area contributed by atoms with Crippen molar-refractivity contribution in [1.82, 2.24) is 9.78 Å². The molecule has 0 fully saturated rings. The van der Waals surface area contributed by atoms with Crippen molar-refractivity contribution in [1.29, 1.82) is 0 Å². The lowest BCUT2D eigenvalue weighted by Gasteiger charge is -1.94. The lowest BCUT2D eigenvalue weighted by atomic mass is 10.5. The first-order valence-electron chi connectivity index (χ1n) is 3.54. The van der Waals surface area contributed by atoms with Crippen LogP contribution in [0.1, 0.15) is 5.69 Å². The smallest absolute Gasteiger partial charge is 0.109 e. The molecular formula is C7H10BrFN2O. The molecule has 0 aromatic carbocycles. The number of alkyl halides is 1. The first-order valence-corrected chi connectivity index (χ1v) is 4.34.